The monoisotopic (exact) mass is 164 g/mol. The molecule has 0 amide bonds. The molecule has 68 valence electrons. The second-order valence-electron chi connectivity index (χ2n) is 2.89. The third-order valence-electron chi connectivity index (χ3n) is 2.17. The quantitative estimate of drug-likeness (QED) is 0.547. The van der Waals surface area contributed by atoms with Crippen molar-refractivity contribution in [2.75, 3.05) is 0 Å². The summed E-state index contributed by atoms with van der Waals surface area (Å²) in [5.41, 5.74) is 2.70. The first-order chi connectivity index (χ1) is 5.75. The van der Waals surface area contributed by atoms with Gasteiger partial charge in [-0.3, -0.25) is 0 Å². The summed E-state index contributed by atoms with van der Waals surface area (Å²) < 4.78 is 0. The number of hydrogen-bond acceptors (Lipinski definition) is 0. The van der Waals surface area contributed by atoms with Gasteiger partial charge in [0.05, 0.1) is 0 Å². The maximum Gasteiger partial charge on any atom is -0.0190 e. The van der Waals surface area contributed by atoms with E-state index in [4.69, 9.17) is 0 Å². The lowest BCUT2D eigenvalue weighted by molar-refractivity contribution is 0.699. The van der Waals surface area contributed by atoms with Crippen molar-refractivity contribution in [2.45, 2.75) is 33.6 Å². The topological polar surface area (TPSA) is 0 Å². The van der Waals surface area contributed by atoms with Gasteiger partial charge in [-0.05, 0) is 29.9 Å². The number of allylic oxidation sites excluding steroid dienone is 4. The molecule has 1 fully saturated rings. The first-order valence-electron chi connectivity index (χ1n) is 4.76. The van der Waals surface area contributed by atoms with E-state index in [9.17, 15) is 0 Å². The van der Waals surface area contributed by atoms with Gasteiger partial charge in [-0.15, -0.1) is 0 Å². The molecule has 0 N–H and O–H groups in total. The highest BCUT2D eigenvalue weighted by Crippen LogP contribution is 2.33. The van der Waals surface area contributed by atoms with Gasteiger partial charge in [0.2, 0.25) is 0 Å². The second kappa shape index (κ2) is 5.82. The van der Waals surface area contributed by atoms with Crippen LogP contribution < -0.4 is 0 Å². The highest BCUT2D eigenvalue weighted by atomic mass is 14.2. The van der Waals surface area contributed by atoms with Gasteiger partial charge in [0.1, 0.15) is 0 Å². The lowest BCUT2D eigenvalue weighted by atomic mass is 10.1. The van der Waals surface area contributed by atoms with Gasteiger partial charge in [-0.1, -0.05) is 46.1 Å². The minimum Gasteiger partial charge on any atom is -0.0991 e. The van der Waals surface area contributed by atoms with E-state index in [1.807, 2.05) is 19.9 Å². The van der Waals surface area contributed by atoms with Gasteiger partial charge in [-0.2, -0.15) is 0 Å². The Morgan fingerprint density at radius 2 is 2.00 bits per heavy atom. The molecule has 0 heterocycles. The number of hydrogen-bond donors (Lipinski definition) is 0. The zero-order valence-corrected chi connectivity index (χ0v) is 8.56. The van der Waals surface area contributed by atoms with Gasteiger partial charge >= 0.3 is 0 Å². The molecule has 12 heavy (non-hydrogen) atoms. The van der Waals surface area contributed by atoms with Gasteiger partial charge < -0.3 is 0 Å². The van der Waals surface area contributed by atoms with E-state index >= 15 is 0 Å². The Morgan fingerprint density at radius 3 is 2.33 bits per heavy atom. The molecule has 1 rings (SSSR count). The first kappa shape index (κ1) is 11.2. The van der Waals surface area contributed by atoms with Crippen LogP contribution in [0, 0.1) is 5.92 Å². The Labute approximate surface area is 76.7 Å². The Hall–Kier alpha value is -0.780. The van der Waals surface area contributed by atoms with Crippen LogP contribution in [0.25, 0.3) is 0 Å². The maximum absolute atomic E-state index is 4.02. The second-order valence-corrected chi connectivity index (χ2v) is 2.89. The van der Waals surface area contributed by atoms with Gasteiger partial charge in [0.25, 0.3) is 0 Å². The predicted octanol–water partition coefficient (Wildman–Crippen LogP) is 4.11. The Bertz CT molecular complexity index is 184. The van der Waals surface area contributed by atoms with Gasteiger partial charge in [0.15, 0.2) is 0 Å². The largest absolute Gasteiger partial charge is 0.0991 e. The molecule has 0 aromatic carbocycles. The van der Waals surface area contributed by atoms with E-state index in [1.54, 1.807) is 0 Å². The molecule has 0 spiro atoms. The fraction of sp³-hybridized carbons (Fsp3) is 0.500. The molecule has 1 unspecified atom stereocenters. The molecule has 0 aliphatic heterocycles. The Morgan fingerprint density at radius 1 is 1.42 bits per heavy atom. The van der Waals surface area contributed by atoms with Crippen molar-refractivity contribution in [3.63, 3.8) is 0 Å². The molecule has 0 bridgehead atoms. The summed E-state index contributed by atoms with van der Waals surface area (Å²) in [6.07, 6.45) is 6.37. The van der Waals surface area contributed by atoms with Crippen LogP contribution in [0.2, 0.25) is 0 Å². The zero-order chi connectivity index (χ0) is 9.56. The summed E-state index contributed by atoms with van der Waals surface area (Å²) in [6.45, 7) is 13.9. The molecule has 1 saturated carbocycles. The first-order valence-corrected chi connectivity index (χ1v) is 4.76. The lowest BCUT2D eigenvalue weighted by Gasteiger charge is -2.00. The van der Waals surface area contributed by atoms with Crippen molar-refractivity contribution in [1.29, 1.82) is 0 Å². The molecular weight excluding hydrogens is 144 g/mol. The van der Waals surface area contributed by atoms with Crippen LogP contribution >= 0.6 is 0 Å². The summed E-state index contributed by atoms with van der Waals surface area (Å²) in [5.74, 6) is 0.686. The third kappa shape index (κ3) is 2.69. The standard InChI is InChI=1S/C10H14.C2H6/c1-4-5-10-7-6-8(2)9(10)3;1-2/h4-5,8H,1,3,6-7H2,2H3;1-2H3/b10-5-;. The molecular formula is C12H20. The van der Waals surface area contributed by atoms with Crippen LogP contribution in [0.15, 0.2) is 36.5 Å². The molecule has 0 heteroatoms. The summed E-state index contributed by atoms with van der Waals surface area (Å²) in [5, 5.41) is 0. The summed E-state index contributed by atoms with van der Waals surface area (Å²) in [4.78, 5) is 0. The van der Waals surface area contributed by atoms with E-state index in [0.717, 1.165) is 0 Å². The van der Waals surface area contributed by atoms with E-state index in [2.05, 4.69) is 26.2 Å². The van der Waals surface area contributed by atoms with E-state index in [0.29, 0.717) is 5.92 Å². The van der Waals surface area contributed by atoms with Crippen molar-refractivity contribution in [3.05, 3.63) is 36.5 Å². The molecule has 1 aliphatic rings. The lowest BCUT2D eigenvalue weighted by Crippen LogP contribution is -1.86. The molecule has 0 radical (unpaired) electrons. The Balaban J connectivity index is 0.000000561. The fourth-order valence-electron chi connectivity index (χ4n) is 1.36. The molecule has 0 aromatic heterocycles. The average Bonchev–Trinajstić information content (AvgIpc) is 2.41. The van der Waals surface area contributed by atoms with Crippen LogP contribution in [0.1, 0.15) is 33.6 Å². The van der Waals surface area contributed by atoms with Gasteiger partial charge in [0, 0.05) is 0 Å². The SMILES string of the molecule is C=C/C=C1/CCC(C)C1=C.CC. The normalized spacial score (nSPS) is 25.1. The highest BCUT2D eigenvalue weighted by molar-refractivity contribution is 5.36. The van der Waals surface area contributed by atoms with Crippen molar-refractivity contribution in [3.8, 4) is 0 Å². The van der Waals surface area contributed by atoms with E-state index < -0.39 is 0 Å². The summed E-state index contributed by atoms with van der Waals surface area (Å²) >= 11 is 0. The van der Waals surface area contributed by atoms with Crippen LogP contribution in [-0.2, 0) is 0 Å². The summed E-state index contributed by atoms with van der Waals surface area (Å²) in [6, 6.07) is 0. The minimum absolute atomic E-state index is 0.686. The average molecular weight is 164 g/mol. The Kier molecular flexibility index (Phi) is 5.44. The van der Waals surface area contributed by atoms with Crippen LogP contribution in [0.4, 0.5) is 0 Å². The minimum atomic E-state index is 0.686. The van der Waals surface area contributed by atoms with E-state index in [-0.39, 0.29) is 0 Å². The molecule has 0 saturated heterocycles. The number of rotatable bonds is 1. The van der Waals surface area contributed by atoms with Crippen molar-refractivity contribution >= 4 is 0 Å². The highest BCUT2D eigenvalue weighted by Gasteiger charge is 2.18. The molecule has 0 aromatic rings. The molecule has 1 aliphatic carbocycles. The van der Waals surface area contributed by atoms with Crippen LogP contribution in [-0.4, -0.2) is 0 Å². The van der Waals surface area contributed by atoms with Crippen molar-refractivity contribution in [2.24, 2.45) is 5.92 Å². The maximum atomic E-state index is 4.02. The van der Waals surface area contributed by atoms with Crippen LogP contribution in [0.5, 0.6) is 0 Å². The molecule has 1 atom stereocenters. The van der Waals surface area contributed by atoms with Crippen molar-refractivity contribution < 1.29 is 0 Å². The molecule has 0 nitrogen and oxygen atoms in total. The van der Waals surface area contributed by atoms with Crippen molar-refractivity contribution in [1.82, 2.24) is 0 Å². The van der Waals surface area contributed by atoms with E-state index in [1.165, 1.54) is 24.0 Å². The summed E-state index contributed by atoms with van der Waals surface area (Å²) in [7, 11) is 0. The zero-order valence-electron chi connectivity index (χ0n) is 8.56. The fourth-order valence-corrected chi connectivity index (χ4v) is 1.36. The third-order valence-corrected chi connectivity index (χ3v) is 2.17. The van der Waals surface area contributed by atoms with Crippen LogP contribution in [0.3, 0.4) is 0 Å². The smallest absolute Gasteiger partial charge is 0.0190 e. The van der Waals surface area contributed by atoms with Gasteiger partial charge in [-0.25, -0.2) is 0 Å². The predicted molar refractivity (Wildman–Crippen MR) is 57.2 cm³/mol.